The summed E-state index contributed by atoms with van der Waals surface area (Å²) in [6.07, 6.45) is 11.6. The number of ether oxygens (including phenoxy) is 2. The van der Waals surface area contributed by atoms with Crippen molar-refractivity contribution in [3.05, 3.63) is 78.4 Å². The molecule has 1 aromatic heterocycles. The van der Waals surface area contributed by atoms with E-state index in [1.807, 2.05) is 71.3 Å². The third-order valence-electron chi connectivity index (χ3n) is 5.99. The Labute approximate surface area is 208 Å². The molecule has 0 aliphatic heterocycles. The Morgan fingerprint density at radius 3 is 2.46 bits per heavy atom. The standard InChI is InChI=1S/C28H36N4O3/c1-30(19-15-24-11-14-26(34-3)27(21-24)35-4)17-6-18-31(2)28(33)8-5-7-23-9-12-25(13-10-23)32-20-16-29-22-32/h5,7,9-14,16,20-22H,6,8,15,17-19H2,1-4H3. The fraction of sp³-hybridized carbons (Fsp3) is 0.357. The highest BCUT2D eigenvalue weighted by atomic mass is 16.5. The number of hydrogen-bond acceptors (Lipinski definition) is 5. The van der Waals surface area contributed by atoms with Crippen LogP contribution < -0.4 is 9.47 Å². The first-order valence-electron chi connectivity index (χ1n) is 11.9. The second-order valence-electron chi connectivity index (χ2n) is 8.58. The van der Waals surface area contributed by atoms with E-state index in [2.05, 4.69) is 23.0 Å². The quantitative estimate of drug-likeness (QED) is 0.368. The average Bonchev–Trinajstić information content (AvgIpc) is 3.42. The number of aromatic nitrogens is 2. The fourth-order valence-corrected chi connectivity index (χ4v) is 3.79. The van der Waals surface area contributed by atoms with Crippen molar-refractivity contribution < 1.29 is 14.3 Å². The average molecular weight is 477 g/mol. The number of hydrogen-bond donors (Lipinski definition) is 0. The lowest BCUT2D eigenvalue weighted by Gasteiger charge is -2.20. The minimum Gasteiger partial charge on any atom is -0.493 e. The summed E-state index contributed by atoms with van der Waals surface area (Å²) in [6.45, 7) is 2.62. The Morgan fingerprint density at radius 1 is 1.00 bits per heavy atom. The van der Waals surface area contributed by atoms with Gasteiger partial charge >= 0.3 is 0 Å². The topological polar surface area (TPSA) is 59.8 Å². The maximum absolute atomic E-state index is 12.5. The zero-order chi connectivity index (χ0) is 25.0. The number of amides is 1. The Hall–Kier alpha value is -3.58. The molecule has 0 fully saturated rings. The Balaban J connectivity index is 1.34. The number of carbonyl (C=O) groups excluding carboxylic acids is 1. The lowest BCUT2D eigenvalue weighted by molar-refractivity contribution is -0.129. The van der Waals surface area contributed by atoms with Crippen molar-refractivity contribution in [1.29, 1.82) is 0 Å². The highest BCUT2D eigenvalue weighted by molar-refractivity contribution is 5.78. The van der Waals surface area contributed by atoms with Gasteiger partial charge in [-0.25, -0.2) is 4.98 Å². The summed E-state index contributed by atoms with van der Waals surface area (Å²) in [5, 5.41) is 0. The van der Waals surface area contributed by atoms with Crippen LogP contribution in [0.15, 0.2) is 67.3 Å². The first-order valence-corrected chi connectivity index (χ1v) is 11.9. The van der Waals surface area contributed by atoms with Gasteiger partial charge in [-0.15, -0.1) is 0 Å². The summed E-state index contributed by atoms with van der Waals surface area (Å²) >= 11 is 0. The predicted molar refractivity (Wildman–Crippen MR) is 140 cm³/mol. The van der Waals surface area contributed by atoms with Crippen LogP contribution in [-0.2, 0) is 11.2 Å². The van der Waals surface area contributed by atoms with Gasteiger partial charge in [-0.2, -0.15) is 0 Å². The molecule has 0 saturated heterocycles. The fourth-order valence-electron chi connectivity index (χ4n) is 3.79. The van der Waals surface area contributed by atoms with Crippen molar-refractivity contribution in [2.75, 3.05) is 47.9 Å². The first kappa shape index (κ1) is 26.0. The summed E-state index contributed by atoms with van der Waals surface area (Å²) in [5.74, 6) is 1.63. The molecule has 3 rings (SSSR count). The van der Waals surface area contributed by atoms with Gasteiger partial charge in [-0.3, -0.25) is 4.79 Å². The van der Waals surface area contributed by atoms with Gasteiger partial charge < -0.3 is 23.8 Å². The van der Waals surface area contributed by atoms with Crippen LogP contribution in [0.2, 0.25) is 0 Å². The third-order valence-corrected chi connectivity index (χ3v) is 5.99. The van der Waals surface area contributed by atoms with Crippen LogP contribution in [0, 0.1) is 0 Å². The maximum atomic E-state index is 12.5. The minimum absolute atomic E-state index is 0.129. The molecule has 7 nitrogen and oxygen atoms in total. The van der Waals surface area contributed by atoms with Crippen LogP contribution in [-0.4, -0.2) is 73.2 Å². The van der Waals surface area contributed by atoms with Gasteiger partial charge in [0, 0.05) is 44.6 Å². The van der Waals surface area contributed by atoms with E-state index >= 15 is 0 Å². The minimum atomic E-state index is 0.129. The Morgan fingerprint density at radius 2 is 1.77 bits per heavy atom. The van der Waals surface area contributed by atoms with E-state index in [0.717, 1.165) is 55.2 Å². The second kappa shape index (κ2) is 13.3. The summed E-state index contributed by atoms with van der Waals surface area (Å²) in [7, 11) is 7.29. The Bertz CT molecular complexity index is 1080. The van der Waals surface area contributed by atoms with Crippen molar-refractivity contribution >= 4 is 12.0 Å². The van der Waals surface area contributed by atoms with Crippen molar-refractivity contribution in [2.45, 2.75) is 19.3 Å². The van der Waals surface area contributed by atoms with Gasteiger partial charge in [0.05, 0.1) is 20.5 Å². The molecular formula is C28H36N4O3. The van der Waals surface area contributed by atoms with Gasteiger partial charge in [0.1, 0.15) is 0 Å². The van der Waals surface area contributed by atoms with Gasteiger partial charge in [0.25, 0.3) is 0 Å². The highest BCUT2D eigenvalue weighted by Crippen LogP contribution is 2.27. The van der Waals surface area contributed by atoms with Crippen LogP contribution in [0.4, 0.5) is 0 Å². The molecule has 7 heteroatoms. The van der Waals surface area contributed by atoms with Crippen molar-refractivity contribution in [3.8, 4) is 17.2 Å². The molecule has 186 valence electrons. The molecule has 0 radical (unpaired) electrons. The van der Waals surface area contributed by atoms with Crippen LogP contribution in [0.25, 0.3) is 11.8 Å². The molecule has 1 heterocycles. The molecule has 0 spiro atoms. The van der Waals surface area contributed by atoms with Crippen LogP contribution in [0.5, 0.6) is 11.5 Å². The van der Waals surface area contributed by atoms with Gasteiger partial charge in [0.2, 0.25) is 5.91 Å². The number of methoxy groups -OCH3 is 2. The van der Waals surface area contributed by atoms with Crippen LogP contribution >= 0.6 is 0 Å². The number of nitrogens with zero attached hydrogens (tertiary/aromatic N) is 4. The molecule has 0 aliphatic rings. The SMILES string of the molecule is COc1ccc(CCN(C)CCCN(C)C(=O)CC=Cc2ccc(-n3ccnc3)cc2)cc1OC. The zero-order valence-electron chi connectivity index (χ0n) is 21.2. The van der Waals surface area contributed by atoms with E-state index < -0.39 is 0 Å². The number of benzene rings is 2. The van der Waals surface area contributed by atoms with Gasteiger partial charge in [0.15, 0.2) is 11.5 Å². The zero-order valence-corrected chi connectivity index (χ0v) is 21.2. The number of carbonyl (C=O) groups is 1. The third kappa shape index (κ3) is 8.00. The molecule has 0 N–H and O–H groups in total. The van der Waals surface area contributed by atoms with Gasteiger partial charge in [-0.1, -0.05) is 30.4 Å². The Kier molecular flexibility index (Phi) is 9.93. The summed E-state index contributed by atoms with van der Waals surface area (Å²) in [6, 6.07) is 14.2. The van der Waals surface area contributed by atoms with Crippen molar-refractivity contribution in [1.82, 2.24) is 19.4 Å². The van der Waals surface area contributed by atoms with E-state index in [4.69, 9.17) is 9.47 Å². The van der Waals surface area contributed by atoms with Crippen molar-refractivity contribution in [2.24, 2.45) is 0 Å². The molecule has 0 saturated carbocycles. The normalized spacial score (nSPS) is 11.2. The molecule has 0 aliphatic carbocycles. The van der Waals surface area contributed by atoms with Crippen LogP contribution in [0.3, 0.4) is 0 Å². The molecule has 1 amide bonds. The van der Waals surface area contributed by atoms with Gasteiger partial charge in [-0.05, 0) is 61.8 Å². The van der Waals surface area contributed by atoms with E-state index in [-0.39, 0.29) is 5.91 Å². The molecule has 0 unspecified atom stereocenters. The van der Waals surface area contributed by atoms with E-state index in [9.17, 15) is 4.79 Å². The smallest absolute Gasteiger partial charge is 0.226 e. The lowest BCUT2D eigenvalue weighted by Crippen LogP contribution is -2.30. The highest BCUT2D eigenvalue weighted by Gasteiger charge is 2.08. The van der Waals surface area contributed by atoms with E-state index in [1.54, 1.807) is 26.7 Å². The molecule has 0 bridgehead atoms. The lowest BCUT2D eigenvalue weighted by atomic mass is 10.1. The molecule has 0 atom stereocenters. The summed E-state index contributed by atoms with van der Waals surface area (Å²) in [4.78, 5) is 20.6. The molecule has 2 aromatic carbocycles. The van der Waals surface area contributed by atoms with E-state index in [1.165, 1.54) is 5.56 Å². The molecular weight excluding hydrogens is 440 g/mol. The number of rotatable bonds is 13. The number of imidazole rings is 1. The molecule has 35 heavy (non-hydrogen) atoms. The first-order chi connectivity index (χ1) is 17.0. The predicted octanol–water partition coefficient (Wildman–Crippen LogP) is 4.32. The summed E-state index contributed by atoms with van der Waals surface area (Å²) < 4.78 is 12.6. The monoisotopic (exact) mass is 476 g/mol. The van der Waals surface area contributed by atoms with E-state index in [0.29, 0.717) is 6.42 Å². The molecule has 3 aromatic rings. The maximum Gasteiger partial charge on any atom is 0.226 e. The van der Waals surface area contributed by atoms with Crippen LogP contribution in [0.1, 0.15) is 24.0 Å². The summed E-state index contributed by atoms with van der Waals surface area (Å²) in [5.41, 5.74) is 3.34. The number of likely N-dealkylation sites (N-methyl/N-ethyl adjacent to an activating group) is 1. The van der Waals surface area contributed by atoms with Crippen molar-refractivity contribution in [3.63, 3.8) is 0 Å². The second-order valence-corrected chi connectivity index (χ2v) is 8.58. The largest absolute Gasteiger partial charge is 0.493 e.